The number of amidine groups is 1. The van der Waals surface area contributed by atoms with E-state index in [0.717, 1.165) is 18.9 Å². The van der Waals surface area contributed by atoms with E-state index in [1.807, 2.05) is 0 Å². The SMILES string of the molecule is N=C(N)c1cc(NS(=O)(=O)C2CCCC2)ccc1F. The van der Waals surface area contributed by atoms with Crippen LogP contribution in [0.25, 0.3) is 0 Å². The van der Waals surface area contributed by atoms with Gasteiger partial charge in [-0.05, 0) is 31.0 Å². The molecule has 0 spiro atoms. The highest BCUT2D eigenvalue weighted by atomic mass is 32.2. The van der Waals surface area contributed by atoms with E-state index in [2.05, 4.69) is 4.72 Å². The topological polar surface area (TPSA) is 96.0 Å². The van der Waals surface area contributed by atoms with Gasteiger partial charge in [0.1, 0.15) is 11.7 Å². The Morgan fingerprint density at radius 3 is 2.58 bits per heavy atom. The number of nitrogens with two attached hydrogens (primary N) is 1. The summed E-state index contributed by atoms with van der Waals surface area (Å²) in [5.41, 5.74) is 5.37. The molecule has 1 aromatic rings. The lowest BCUT2D eigenvalue weighted by Crippen LogP contribution is -2.25. The summed E-state index contributed by atoms with van der Waals surface area (Å²) < 4.78 is 39.9. The Bertz CT molecular complexity index is 595. The van der Waals surface area contributed by atoms with Gasteiger partial charge in [0.15, 0.2) is 0 Å². The van der Waals surface area contributed by atoms with Gasteiger partial charge in [0.25, 0.3) is 0 Å². The zero-order valence-electron chi connectivity index (χ0n) is 10.3. The number of sulfonamides is 1. The first-order valence-corrected chi connectivity index (χ1v) is 7.60. The normalized spacial score (nSPS) is 16.5. The van der Waals surface area contributed by atoms with Gasteiger partial charge in [0, 0.05) is 5.69 Å². The van der Waals surface area contributed by atoms with Crippen LogP contribution in [0.15, 0.2) is 18.2 Å². The van der Waals surface area contributed by atoms with Gasteiger partial charge in [0.2, 0.25) is 10.0 Å². The van der Waals surface area contributed by atoms with Crippen LogP contribution in [-0.2, 0) is 10.0 Å². The lowest BCUT2D eigenvalue weighted by molar-refractivity contribution is 0.585. The molecule has 104 valence electrons. The van der Waals surface area contributed by atoms with Crippen LogP contribution in [0.2, 0.25) is 0 Å². The smallest absolute Gasteiger partial charge is 0.235 e. The third-order valence-electron chi connectivity index (χ3n) is 3.26. The molecule has 0 unspecified atom stereocenters. The Labute approximate surface area is 111 Å². The molecule has 0 amide bonds. The van der Waals surface area contributed by atoms with Crippen molar-refractivity contribution in [3.63, 3.8) is 0 Å². The predicted molar refractivity (Wildman–Crippen MR) is 72.2 cm³/mol. The monoisotopic (exact) mass is 285 g/mol. The third kappa shape index (κ3) is 3.04. The highest BCUT2D eigenvalue weighted by molar-refractivity contribution is 7.93. The Morgan fingerprint density at radius 2 is 2.00 bits per heavy atom. The fourth-order valence-electron chi connectivity index (χ4n) is 2.24. The second-order valence-corrected chi connectivity index (χ2v) is 6.62. The molecule has 0 aliphatic heterocycles. The van der Waals surface area contributed by atoms with Gasteiger partial charge in [-0.2, -0.15) is 0 Å². The lowest BCUT2D eigenvalue weighted by Gasteiger charge is -2.14. The summed E-state index contributed by atoms with van der Waals surface area (Å²) in [6.45, 7) is 0. The van der Waals surface area contributed by atoms with Crippen LogP contribution >= 0.6 is 0 Å². The second-order valence-electron chi connectivity index (χ2n) is 4.66. The van der Waals surface area contributed by atoms with Crippen LogP contribution in [0.3, 0.4) is 0 Å². The van der Waals surface area contributed by atoms with Crippen molar-refractivity contribution >= 4 is 21.5 Å². The standard InChI is InChI=1S/C12H16FN3O2S/c13-11-6-5-8(7-10(11)12(14)15)16-19(17,18)9-3-1-2-4-9/h5-7,9,16H,1-4H2,(H3,14,15). The molecule has 1 fully saturated rings. The van der Waals surface area contributed by atoms with Crippen molar-refractivity contribution in [2.45, 2.75) is 30.9 Å². The first kappa shape index (κ1) is 13.8. The van der Waals surface area contributed by atoms with E-state index in [1.54, 1.807) is 0 Å². The maximum absolute atomic E-state index is 13.4. The summed E-state index contributed by atoms with van der Waals surface area (Å²) in [6, 6.07) is 3.67. The van der Waals surface area contributed by atoms with E-state index >= 15 is 0 Å². The number of nitrogens with one attached hydrogen (secondary N) is 2. The Balaban J connectivity index is 2.23. The van der Waals surface area contributed by atoms with E-state index in [0.29, 0.717) is 12.8 Å². The van der Waals surface area contributed by atoms with Crippen molar-refractivity contribution in [3.05, 3.63) is 29.6 Å². The number of benzene rings is 1. The fraction of sp³-hybridized carbons (Fsp3) is 0.417. The molecule has 0 heterocycles. The molecule has 0 aromatic heterocycles. The summed E-state index contributed by atoms with van der Waals surface area (Å²) in [5, 5.41) is 6.84. The zero-order chi connectivity index (χ0) is 14.0. The quantitative estimate of drug-likeness (QED) is 0.581. The highest BCUT2D eigenvalue weighted by Crippen LogP contribution is 2.26. The van der Waals surface area contributed by atoms with Crippen molar-refractivity contribution in [1.29, 1.82) is 5.41 Å². The zero-order valence-corrected chi connectivity index (χ0v) is 11.1. The summed E-state index contributed by atoms with van der Waals surface area (Å²) in [5.74, 6) is -1.07. The fourth-order valence-corrected chi connectivity index (χ4v) is 3.82. The van der Waals surface area contributed by atoms with Gasteiger partial charge >= 0.3 is 0 Å². The Morgan fingerprint density at radius 1 is 1.37 bits per heavy atom. The van der Waals surface area contributed by atoms with Crippen molar-refractivity contribution in [3.8, 4) is 0 Å². The van der Waals surface area contributed by atoms with Crippen LogP contribution < -0.4 is 10.5 Å². The molecule has 4 N–H and O–H groups in total. The highest BCUT2D eigenvalue weighted by Gasteiger charge is 2.28. The van der Waals surface area contributed by atoms with Crippen molar-refractivity contribution < 1.29 is 12.8 Å². The van der Waals surface area contributed by atoms with Gasteiger partial charge < -0.3 is 5.73 Å². The van der Waals surface area contributed by atoms with E-state index in [9.17, 15) is 12.8 Å². The summed E-state index contributed by atoms with van der Waals surface area (Å²) >= 11 is 0. The number of rotatable bonds is 4. The van der Waals surface area contributed by atoms with Gasteiger partial charge in [0.05, 0.1) is 10.8 Å². The van der Waals surface area contributed by atoms with E-state index in [1.165, 1.54) is 12.1 Å². The molecule has 1 saturated carbocycles. The lowest BCUT2D eigenvalue weighted by atomic mass is 10.2. The van der Waals surface area contributed by atoms with Gasteiger partial charge in [-0.15, -0.1) is 0 Å². The second kappa shape index (κ2) is 5.16. The maximum Gasteiger partial charge on any atom is 0.235 e. The molecule has 0 radical (unpaired) electrons. The van der Waals surface area contributed by atoms with Gasteiger partial charge in [-0.3, -0.25) is 10.1 Å². The predicted octanol–water partition coefficient (Wildman–Crippen LogP) is 1.79. The minimum Gasteiger partial charge on any atom is -0.384 e. The summed E-state index contributed by atoms with van der Waals surface area (Å²) in [7, 11) is -3.45. The summed E-state index contributed by atoms with van der Waals surface area (Å²) in [4.78, 5) is 0. The van der Waals surface area contributed by atoms with Crippen LogP contribution in [0, 0.1) is 11.2 Å². The van der Waals surface area contributed by atoms with E-state index in [4.69, 9.17) is 11.1 Å². The maximum atomic E-state index is 13.4. The average Bonchev–Trinajstić information content (AvgIpc) is 2.85. The first-order chi connectivity index (χ1) is 8.90. The van der Waals surface area contributed by atoms with Crippen LogP contribution in [-0.4, -0.2) is 19.5 Å². The first-order valence-electron chi connectivity index (χ1n) is 6.06. The molecule has 1 aliphatic rings. The average molecular weight is 285 g/mol. The number of nitrogen functional groups attached to an aromatic ring is 1. The van der Waals surface area contributed by atoms with E-state index < -0.39 is 26.9 Å². The molecule has 5 nitrogen and oxygen atoms in total. The number of hydrogen-bond donors (Lipinski definition) is 3. The van der Waals surface area contributed by atoms with Crippen LogP contribution in [0.5, 0.6) is 0 Å². The molecule has 1 aromatic carbocycles. The minimum absolute atomic E-state index is 0.105. The third-order valence-corrected chi connectivity index (χ3v) is 5.13. The molecule has 2 rings (SSSR count). The van der Waals surface area contributed by atoms with Crippen molar-refractivity contribution in [2.75, 3.05) is 4.72 Å². The molecule has 0 saturated heterocycles. The van der Waals surface area contributed by atoms with Gasteiger partial charge in [-0.1, -0.05) is 12.8 Å². The summed E-state index contributed by atoms with van der Waals surface area (Å²) in [6.07, 6.45) is 3.12. The minimum atomic E-state index is -3.45. The van der Waals surface area contributed by atoms with Crippen LogP contribution in [0.4, 0.5) is 10.1 Å². The number of halogens is 1. The van der Waals surface area contributed by atoms with E-state index in [-0.39, 0.29) is 11.3 Å². The molecule has 7 heteroatoms. The number of hydrogen-bond acceptors (Lipinski definition) is 3. The largest absolute Gasteiger partial charge is 0.384 e. The molecular formula is C12H16FN3O2S. The van der Waals surface area contributed by atoms with Crippen LogP contribution in [0.1, 0.15) is 31.2 Å². The van der Waals surface area contributed by atoms with Crippen molar-refractivity contribution in [1.82, 2.24) is 0 Å². The number of anilines is 1. The Kier molecular flexibility index (Phi) is 3.75. The molecule has 0 atom stereocenters. The van der Waals surface area contributed by atoms with Crippen molar-refractivity contribution in [2.24, 2.45) is 5.73 Å². The van der Waals surface area contributed by atoms with Gasteiger partial charge in [-0.25, -0.2) is 12.8 Å². The Hall–Kier alpha value is -1.63. The molecule has 1 aliphatic carbocycles. The molecule has 0 bridgehead atoms. The molecule has 19 heavy (non-hydrogen) atoms. The molecular weight excluding hydrogens is 269 g/mol.